The number of aromatic nitrogens is 4. The molecule has 4 heteroatoms. The molecule has 0 unspecified atom stereocenters. The summed E-state index contributed by atoms with van der Waals surface area (Å²) in [6.45, 7) is 0. The Kier molecular flexibility index (Phi) is 5.40. The van der Waals surface area contributed by atoms with E-state index in [1.165, 1.54) is 0 Å². The fourth-order valence-corrected chi connectivity index (χ4v) is 2.72. The highest BCUT2D eigenvalue weighted by Crippen LogP contribution is 2.19. The Hall–Kier alpha value is -3.92. The van der Waals surface area contributed by atoms with E-state index in [4.69, 9.17) is 0 Å². The molecule has 0 aliphatic carbocycles. The van der Waals surface area contributed by atoms with E-state index >= 15 is 0 Å². The highest BCUT2D eigenvalue weighted by molar-refractivity contribution is 5.73. The van der Waals surface area contributed by atoms with Crippen molar-refractivity contribution < 1.29 is 0 Å². The van der Waals surface area contributed by atoms with E-state index in [2.05, 4.69) is 44.2 Å². The van der Waals surface area contributed by atoms with Crippen LogP contribution in [0.25, 0.3) is 35.7 Å². The van der Waals surface area contributed by atoms with Crippen molar-refractivity contribution in [2.24, 2.45) is 0 Å². The summed E-state index contributed by atoms with van der Waals surface area (Å²) in [6, 6.07) is 15.9. The van der Waals surface area contributed by atoms with Crippen LogP contribution in [0.2, 0.25) is 0 Å². The number of rotatable bonds is 5. The highest BCUT2D eigenvalue weighted by atomic mass is 14.8. The minimum atomic E-state index is 0.844. The van der Waals surface area contributed by atoms with Gasteiger partial charge in [0.25, 0.3) is 0 Å². The van der Waals surface area contributed by atoms with Gasteiger partial charge in [0.15, 0.2) is 0 Å². The van der Waals surface area contributed by atoms with Gasteiger partial charge < -0.3 is 0 Å². The smallest absolute Gasteiger partial charge is 0.0892 e. The Morgan fingerprint density at radius 1 is 0.429 bits per heavy atom. The van der Waals surface area contributed by atoms with Gasteiger partial charge in [-0.3, -0.25) is 19.9 Å². The molecule has 4 rings (SSSR count). The second kappa shape index (κ2) is 8.64. The van der Waals surface area contributed by atoms with Gasteiger partial charge in [0.2, 0.25) is 0 Å². The zero-order chi connectivity index (χ0) is 19.0. The molecule has 4 nitrogen and oxygen atoms in total. The third-order valence-electron chi connectivity index (χ3n) is 4.18. The molecule has 134 valence electrons. The minimum absolute atomic E-state index is 0.844. The van der Waals surface area contributed by atoms with Crippen LogP contribution in [0.3, 0.4) is 0 Å². The molecule has 0 aromatic carbocycles. The molecule has 0 fully saturated rings. The molecule has 0 spiro atoms. The van der Waals surface area contributed by atoms with Crippen LogP contribution in [-0.4, -0.2) is 19.9 Å². The van der Waals surface area contributed by atoms with Crippen LogP contribution in [-0.2, 0) is 0 Å². The average Bonchev–Trinajstić information content (AvgIpc) is 2.78. The molecule has 4 heterocycles. The lowest BCUT2D eigenvalue weighted by molar-refractivity contribution is 1.24. The van der Waals surface area contributed by atoms with Gasteiger partial charge in [0.05, 0.1) is 11.4 Å². The molecule has 0 bridgehead atoms. The van der Waals surface area contributed by atoms with Crippen molar-refractivity contribution in [1.82, 2.24) is 19.9 Å². The van der Waals surface area contributed by atoms with Crippen molar-refractivity contribution in [3.8, 4) is 11.4 Å². The van der Waals surface area contributed by atoms with Gasteiger partial charge in [0.1, 0.15) is 0 Å². The van der Waals surface area contributed by atoms with Gasteiger partial charge in [0, 0.05) is 37.2 Å². The average molecular weight is 362 g/mol. The minimum Gasteiger partial charge on any atom is -0.265 e. The summed E-state index contributed by atoms with van der Waals surface area (Å²) in [7, 11) is 0. The number of nitrogens with zero attached hydrogens (tertiary/aromatic N) is 4. The number of pyridine rings is 4. The normalized spacial score (nSPS) is 11.3. The van der Waals surface area contributed by atoms with Gasteiger partial charge in [-0.15, -0.1) is 0 Å². The summed E-state index contributed by atoms with van der Waals surface area (Å²) < 4.78 is 0. The van der Waals surface area contributed by atoms with Crippen LogP contribution < -0.4 is 0 Å². The van der Waals surface area contributed by atoms with Crippen LogP contribution in [0.1, 0.15) is 22.3 Å². The summed E-state index contributed by atoms with van der Waals surface area (Å²) in [6.07, 6.45) is 19.0. The van der Waals surface area contributed by atoms with Crippen molar-refractivity contribution in [3.63, 3.8) is 0 Å². The lowest BCUT2D eigenvalue weighted by Gasteiger charge is -2.03. The van der Waals surface area contributed by atoms with Gasteiger partial charge in [-0.2, -0.15) is 0 Å². The Labute approximate surface area is 164 Å². The monoisotopic (exact) mass is 362 g/mol. The maximum absolute atomic E-state index is 4.49. The van der Waals surface area contributed by atoms with Crippen LogP contribution >= 0.6 is 0 Å². The topological polar surface area (TPSA) is 51.6 Å². The third-order valence-corrected chi connectivity index (χ3v) is 4.18. The first-order chi connectivity index (χ1) is 13.9. The lowest BCUT2D eigenvalue weighted by Crippen LogP contribution is -1.88. The molecule has 0 radical (unpaired) electrons. The van der Waals surface area contributed by atoms with E-state index in [1.54, 1.807) is 24.8 Å². The molecule has 0 saturated carbocycles. The summed E-state index contributed by atoms with van der Waals surface area (Å²) >= 11 is 0. The third kappa shape index (κ3) is 4.62. The maximum Gasteiger partial charge on any atom is 0.0892 e. The molecule has 0 N–H and O–H groups in total. The standard InChI is InChI=1S/C24H18N4/c1(19-5-11-25-12-6-19)3-21-9-15-27-23(17-21)24-18-22(10-16-28-24)4-2-20-7-13-26-14-8-20/h1-18H. The molecule has 4 aromatic rings. The molecule has 4 aromatic heterocycles. The van der Waals surface area contributed by atoms with Crippen molar-refractivity contribution in [3.05, 3.63) is 108 Å². The van der Waals surface area contributed by atoms with Crippen molar-refractivity contribution in [1.29, 1.82) is 0 Å². The SMILES string of the molecule is C(=Cc1ccnc(-c2cc(C=Cc3ccncc3)ccn2)c1)c1ccncc1. The molecule has 0 aliphatic heterocycles. The highest BCUT2D eigenvalue weighted by Gasteiger charge is 2.02. The lowest BCUT2D eigenvalue weighted by atomic mass is 10.1. The fraction of sp³-hybridized carbons (Fsp3) is 0. The molecule has 28 heavy (non-hydrogen) atoms. The second-order valence-corrected chi connectivity index (χ2v) is 6.18. The molecular weight excluding hydrogens is 344 g/mol. The van der Waals surface area contributed by atoms with Gasteiger partial charge in [-0.05, 0) is 70.8 Å². The predicted octanol–water partition coefficient (Wildman–Crippen LogP) is 5.27. The van der Waals surface area contributed by atoms with Crippen molar-refractivity contribution >= 4 is 24.3 Å². The number of hydrogen-bond donors (Lipinski definition) is 0. The molecule has 0 aliphatic rings. The molecule has 0 saturated heterocycles. The van der Waals surface area contributed by atoms with E-state index in [0.29, 0.717) is 0 Å². The summed E-state index contributed by atoms with van der Waals surface area (Å²) in [5.41, 5.74) is 6.04. The summed E-state index contributed by atoms with van der Waals surface area (Å²) in [5.74, 6) is 0. The molecular formula is C24H18N4. The number of hydrogen-bond acceptors (Lipinski definition) is 4. The predicted molar refractivity (Wildman–Crippen MR) is 114 cm³/mol. The quantitative estimate of drug-likeness (QED) is 0.485. The van der Waals surface area contributed by atoms with Crippen molar-refractivity contribution in [2.75, 3.05) is 0 Å². The zero-order valence-electron chi connectivity index (χ0n) is 15.2. The van der Waals surface area contributed by atoms with E-state index in [1.807, 2.05) is 60.9 Å². The first-order valence-corrected chi connectivity index (χ1v) is 8.95. The van der Waals surface area contributed by atoms with Gasteiger partial charge >= 0.3 is 0 Å². The summed E-state index contributed by atoms with van der Waals surface area (Å²) in [5, 5.41) is 0. The van der Waals surface area contributed by atoms with Gasteiger partial charge in [-0.25, -0.2) is 0 Å². The Balaban J connectivity index is 1.56. The Morgan fingerprint density at radius 3 is 1.21 bits per heavy atom. The van der Waals surface area contributed by atoms with Crippen molar-refractivity contribution in [2.45, 2.75) is 0 Å². The zero-order valence-corrected chi connectivity index (χ0v) is 15.2. The van der Waals surface area contributed by atoms with Crippen LogP contribution in [0.4, 0.5) is 0 Å². The van der Waals surface area contributed by atoms with Crippen LogP contribution in [0.15, 0.2) is 85.7 Å². The van der Waals surface area contributed by atoms with E-state index in [-0.39, 0.29) is 0 Å². The van der Waals surface area contributed by atoms with E-state index in [0.717, 1.165) is 33.6 Å². The first-order valence-electron chi connectivity index (χ1n) is 8.95. The Bertz CT molecular complexity index is 1010. The Morgan fingerprint density at radius 2 is 0.786 bits per heavy atom. The summed E-state index contributed by atoms with van der Waals surface area (Å²) in [4.78, 5) is 17.0. The maximum atomic E-state index is 4.49. The van der Waals surface area contributed by atoms with Crippen LogP contribution in [0, 0.1) is 0 Å². The van der Waals surface area contributed by atoms with Crippen LogP contribution in [0.5, 0.6) is 0 Å². The largest absolute Gasteiger partial charge is 0.265 e. The van der Waals surface area contributed by atoms with E-state index in [9.17, 15) is 0 Å². The molecule has 0 atom stereocenters. The molecule has 0 amide bonds. The fourth-order valence-electron chi connectivity index (χ4n) is 2.72. The second-order valence-electron chi connectivity index (χ2n) is 6.18. The first kappa shape index (κ1) is 17.5. The van der Waals surface area contributed by atoms with E-state index < -0.39 is 0 Å². The van der Waals surface area contributed by atoms with Gasteiger partial charge in [-0.1, -0.05) is 24.3 Å².